The first-order chi connectivity index (χ1) is 12.1. The van der Waals surface area contributed by atoms with Crippen LogP contribution in [-0.4, -0.2) is 17.4 Å². The largest absolute Gasteiger partial charge is 0.507 e. The summed E-state index contributed by atoms with van der Waals surface area (Å²) in [5.41, 5.74) is 5.14. The molecule has 0 spiro atoms. The van der Waals surface area contributed by atoms with Crippen molar-refractivity contribution in [1.29, 1.82) is 0 Å². The first-order valence-electron chi connectivity index (χ1n) is 7.96. The number of carbonyl (C=O) groups excluding carboxylic acids is 1. The summed E-state index contributed by atoms with van der Waals surface area (Å²) in [7, 11) is 0. The molecular weight excluding hydrogens is 314 g/mol. The Morgan fingerprint density at radius 2 is 1.96 bits per heavy atom. The van der Waals surface area contributed by atoms with Crippen LogP contribution in [0.2, 0.25) is 0 Å². The van der Waals surface area contributed by atoms with Gasteiger partial charge in [0, 0.05) is 12.1 Å². The van der Waals surface area contributed by atoms with Gasteiger partial charge in [-0.05, 0) is 29.3 Å². The standard InChI is InChI=1S/C20H19N3O2/c1-14-5-4-6-15(11-14)12-21-20(25)23-22-13-18-17-8-3-2-7-16(17)9-10-19(18)24/h2-11,13,24H,12H2,1H3,(H2,21,23,25). The molecule has 0 aliphatic carbocycles. The maximum Gasteiger partial charge on any atom is 0.335 e. The fraction of sp³-hybridized carbons (Fsp3) is 0.100. The molecule has 0 saturated heterocycles. The quantitative estimate of drug-likeness (QED) is 0.503. The van der Waals surface area contributed by atoms with Crippen LogP contribution in [0.4, 0.5) is 4.79 Å². The minimum Gasteiger partial charge on any atom is -0.507 e. The van der Waals surface area contributed by atoms with Crippen molar-refractivity contribution in [3.05, 3.63) is 77.4 Å². The van der Waals surface area contributed by atoms with Gasteiger partial charge < -0.3 is 10.4 Å². The number of aromatic hydroxyl groups is 1. The van der Waals surface area contributed by atoms with Crippen LogP contribution in [0.15, 0.2) is 65.8 Å². The summed E-state index contributed by atoms with van der Waals surface area (Å²) in [5.74, 6) is 0.115. The molecule has 3 aromatic rings. The van der Waals surface area contributed by atoms with Crippen molar-refractivity contribution in [2.24, 2.45) is 5.10 Å². The van der Waals surface area contributed by atoms with Crippen LogP contribution < -0.4 is 10.7 Å². The summed E-state index contributed by atoms with van der Waals surface area (Å²) in [5, 5.41) is 18.6. The van der Waals surface area contributed by atoms with E-state index < -0.39 is 6.03 Å². The normalized spacial score (nSPS) is 10.9. The summed E-state index contributed by atoms with van der Waals surface area (Å²) in [6.07, 6.45) is 1.45. The van der Waals surface area contributed by atoms with E-state index in [9.17, 15) is 9.90 Å². The van der Waals surface area contributed by atoms with Crippen LogP contribution >= 0.6 is 0 Å². The van der Waals surface area contributed by atoms with Crippen LogP contribution in [-0.2, 0) is 6.54 Å². The number of nitrogens with one attached hydrogen (secondary N) is 2. The topological polar surface area (TPSA) is 73.7 Å². The van der Waals surface area contributed by atoms with Gasteiger partial charge in [0.15, 0.2) is 0 Å². The van der Waals surface area contributed by atoms with Gasteiger partial charge in [0.1, 0.15) is 5.75 Å². The van der Waals surface area contributed by atoms with Crippen molar-refractivity contribution in [3.63, 3.8) is 0 Å². The zero-order valence-corrected chi connectivity index (χ0v) is 13.9. The smallest absolute Gasteiger partial charge is 0.335 e. The molecule has 2 amide bonds. The van der Waals surface area contributed by atoms with Crippen LogP contribution in [0.3, 0.4) is 0 Å². The highest BCUT2D eigenvalue weighted by Crippen LogP contribution is 2.25. The van der Waals surface area contributed by atoms with Crippen molar-refractivity contribution in [2.75, 3.05) is 0 Å². The molecule has 3 rings (SSSR count). The van der Waals surface area contributed by atoms with Gasteiger partial charge in [0.05, 0.1) is 6.21 Å². The predicted molar refractivity (Wildman–Crippen MR) is 99.8 cm³/mol. The number of rotatable bonds is 4. The number of phenolic OH excluding ortho intramolecular Hbond substituents is 1. The number of fused-ring (bicyclic) bond motifs is 1. The minimum absolute atomic E-state index is 0.115. The lowest BCUT2D eigenvalue weighted by Gasteiger charge is -2.06. The second-order valence-electron chi connectivity index (χ2n) is 5.76. The van der Waals surface area contributed by atoms with Gasteiger partial charge in [-0.3, -0.25) is 0 Å². The molecule has 0 heterocycles. The van der Waals surface area contributed by atoms with Crippen molar-refractivity contribution >= 4 is 23.0 Å². The summed E-state index contributed by atoms with van der Waals surface area (Å²) in [4.78, 5) is 11.8. The van der Waals surface area contributed by atoms with E-state index in [-0.39, 0.29) is 5.75 Å². The number of hydrogen-bond donors (Lipinski definition) is 3. The molecule has 25 heavy (non-hydrogen) atoms. The molecule has 0 bridgehead atoms. The number of nitrogens with zero attached hydrogens (tertiary/aromatic N) is 1. The van der Waals surface area contributed by atoms with Gasteiger partial charge in [-0.1, -0.05) is 60.2 Å². The maximum atomic E-state index is 11.8. The van der Waals surface area contributed by atoms with Crippen LogP contribution in [0.25, 0.3) is 10.8 Å². The summed E-state index contributed by atoms with van der Waals surface area (Å²) >= 11 is 0. The molecule has 0 unspecified atom stereocenters. The van der Waals surface area contributed by atoms with E-state index in [2.05, 4.69) is 15.8 Å². The Morgan fingerprint density at radius 3 is 2.80 bits per heavy atom. The van der Waals surface area contributed by atoms with Gasteiger partial charge in [0.25, 0.3) is 0 Å². The van der Waals surface area contributed by atoms with E-state index in [1.807, 2.05) is 61.5 Å². The molecule has 0 aliphatic heterocycles. The zero-order chi connectivity index (χ0) is 17.6. The molecule has 0 aliphatic rings. The molecule has 126 valence electrons. The van der Waals surface area contributed by atoms with Gasteiger partial charge in [-0.15, -0.1) is 0 Å². The van der Waals surface area contributed by atoms with Gasteiger partial charge in [0.2, 0.25) is 0 Å². The number of amides is 2. The second-order valence-corrected chi connectivity index (χ2v) is 5.76. The number of aryl methyl sites for hydroxylation is 1. The van der Waals surface area contributed by atoms with Crippen molar-refractivity contribution in [1.82, 2.24) is 10.7 Å². The lowest BCUT2D eigenvalue weighted by atomic mass is 10.0. The van der Waals surface area contributed by atoms with Gasteiger partial charge in [-0.2, -0.15) is 5.10 Å². The third-order valence-electron chi connectivity index (χ3n) is 3.84. The SMILES string of the molecule is Cc1cccc(CNC(=O)NN=Cc2c(O)ccc3ccccc23)c1. The number of hydrogen-bond acceptors (Lipinski definition) is 3. The highest BCUT2D eigenvalue weighted by atomic mass is 16.3. The van der Waals surface area contributed by atoms with Crippen molar-refractivity contribution in [3.8, 4) is 5.75 Å². The molecule has 0 radical (unpaired) electrons. The fourth-order valence-electron chi connectivity index (χ4n) is 2.62. The van der Waals surface area contributed by atoms with Crippen LogP contribution in [0.1, 0.15) is 16.7 Å². The molecular formula is C20H19N3O2. The van der Waals surface area contributed by atoms with E-state index in [0.29, 0.717) is 12.1 Å². The van der Waals surface area contributed by atoms with Crippen LogP contribution in [0.5, 0.6) is 5.75 Å². The molecule has 5 nitrogen and oxygen atoms in total. The summed E-state index contributed by atoms with van der Waals surface area (Å²) in [6.45, 7) is 2.42. The van der Waals surface area contributed by atoms with Crippen molar-refractivity contribution in [2.45, 2.75) is 13.5 Å². The van der Waals surface area contributed by atoms with E-state index in [4.69, 9.17) is 0 Å². The highest BCUT2D eigenvalue weighted by Gasteiger charge is 2.04. The lowest BCUT2D eigenvalue weighted by Crippen LogP contribution is -2.31. The number of carbonyl (C=O) groups is 1. The van der Waals surface area contributed by atoms with Gasteiger partial charge in [-0.25, -0.2) is 10.2 Å². The maximum absolute atomic E-state index is 11.8. The Morgan fingerprint density at radius 1 is 1.12 bits per heavy atom. The first kappa shape index (κ1) is 16.5. The Kier molecular flexibility index (Phi) is 4.95. The molecule has 0 aromatic heterocycles. The van der Waals surface area contributed by atoms with Crippen LogP contribution in [0, 0.1) is 6.92 Å². The summed E-state index contributed by atoms with van der Waals surface area (Å²) < 4.78 is 0. The van der Waals surface area contributed by atoms with Gasteiger partial charge >= 0.3 is 6.03 Å². The third kappa shape index (κ3) is 4.14. The van der Waals surface area contributed by atoms with E-state index in [1.54, 1.807) is 6.07 Å². The van der Waals surface area contributed by atoms with E-state index in [1.165, 1.54) is 6.21 Å². The Balaban J connectivity index is 1.63. The molecule has 0 saturated carbocycles. The second kappa shape index (κ2) is 7.49. The average Bonchev–Trinajstić information content (AvgIpc) is 2.62. The number of urea groups is 1. The van der Waals surface area contributed by atoms with E-state index in [0.717, 1.165) is 21.9 Å². The molecule has 0 atom stereocenters. The molecule has 5 heteroatoms. The Labute approximate surface area is 146 Å². The minimum atomic E-state index is -0.405. The number of benzene rings is 3. The molecule has 3 aromatic carbocycles. The molecule has 3 N–H and O–H groups in total. The van der Waals surface area contributed by atoms with E-state index >= 15 is 0 Å². The summed E-state index contributed by atoms with van der Waals surface area (Å²) in [6, 6.07) is 18.6. The first-order valence-corrected chi connectivity index (χ1v) is 7.96. The lowest BCUT2D eigenvalue weighted by molar-refractivity contribution is 0.241. The zero-order valence-electron chi connectivity index (χ0n) is 13.9. The molecule has 0 fully saturated rings. The van der Waals surface area contributed by atoms with Crippen molar-refractivity contribution < 1.29 is 9.90 Å². The number of phenols is 1. The Hall–Kier alpha value is -3.34. The predicted octanol–water partition coefficient (Wildman–Crippen LogP) is 3.69. The highest BCUT2D eigenvalue weighted by molar-refractivity contribution is 6.02. The number of hydrazone groups is 1. The average molecular weight is 333 g/mol. The fourth-order valence-corrected chi connectivity index (χ4v) is 2.62. The third-order valence-corrected chi connectivity index (χ3v) is 3.84. The monoisotopic (exact) mass is 333 g/mol. The Bertz CT molecular complexity index is 935.